The molecule has 0 aliphatic carbocycles. The number of imide groups is 1. The first-order valence-corrected chi connectivity index (χ1v) is 14.0. The smallest absolute Gasteiger partial charge is 0.294 e. The quantitative estimate of drug-likeness (QED) is 0.261. The van der Waals surface area contributed by atoms with Crippen LogP contribution in [0.25, 0.3) is 6.08 Å². The van der Waals surface area contributed by atoms with E-state index in [4.69, 9.17) is 9.47 Å². The van der Waals surface area contributed by atoms with Crippen LogP contribution in [0.3, 0.4) is 0 Å². The van der Waals surface area contributed by atoms with Crippen LogP contribution in [0.5, 0.6) is 11.5 Å². The van der Waals surface area contributed by atoms with Crippen LogP contribution in [0.2, 0.25) is 0 Å². The third-order valence-corrected chi connectivity index (χ3v) is 7.21. The lowest BCUT2D eigenvalue weighted by Crippen LogP contribution is -2.36. The van der Waals surface area contributed by atoms with E-state index in [1.807, 2.05) is 13.0 Å². The van der Waals surface area contributed by atoms with E-state index in [1.165, 1.54) is 30.3 Å². The minimum absolute atomic E-state index is 0.133. The fourth-order valence-electron chi connectivity index (χ4n) is 3.76. The minimum Gasteiger partial charge on any atom is -0.490 e. The molecule has 1 heterocycles. The maximum Gasteiger partial charge on any atom is 0.294 e. The fourth-order valence-corrected chi connectivity index (χ4v) is 5.03. The number of benzene rings is 3. The molecule has 9 nitrogen and oxygen atoms in total. The number of nitrogens with zero attached hydrogens (tertiary/aromatic N) is 1. The number of amides is 4. The van der Waals surface area contributed by atoms with Crippen LogP contribution >= 0.6 is 27.7 Å². The molecule has 0 unspecified atom stereocenters. The molecule has 1 aliphatic heterocycles. The Kier molecular flexibility index (Phi) is 9.79. The van der Waals surface area contributed by atoms with Crippen molar-refractivity contribution in [2.75, 3.05) is 30.4 Å². The van der Waals surface area contributed by atoms with Gasteiger partial charge in [0.1, 0.15) is 12.4 Å². The molecule has 1 fully saturated rings. The van der Waals surface area contributed by atoms with Gasteiger partial charge in [-0.2, -0.15) is 0 Å². The highest BCUT2D eigenvalue weighted by Gasteiger charge is 2.36. The van der Waals surface area contributed by atoms with Crippen LogP contribution in [0.15, 0.2) is 70.0 Å². The molecule has 3 aromatic rings. The average molecular weight is 643 g/mol. The Morgan fingerprint density at radius 2 is 1.68 bits per heavy atom. The van der Waals surface area contributed by atoms with Crippen LogP contribution in [0, 0.1) is 12.7 Å². The normalized spacial score (nSPS) is 13.9. The molecule has 212 valence electrons. The second-order valence-electron chi connectivity index (χ2n) is 8.78. The van der Waals surface area contributed by atoms with Crippen LogP contribution in [-0.4, -0.2) is 47.6 Å². The Morgan fingerprint density at radius 1 is 0.976 bits per heavy atom. The van der Waals surface area contributed by atoms with Gasteiger partial charge in [-0.15, -0.1) is 0 Å². The second kappa shape index (κ2) is 13.5. The zero-order valence-corrected chi connectivity index (χ0v) is 24.4. The van der Waals surface area contributed by atoms with E-state index < -0.39 is 35.3 Å². The standard InChI is InChI=1S/C29H25BrFN3O6S/c1-3-39-23-12-18(22(30)14-24(23)40-16-27(36)32-20-9-7-19(31)8-10-20)13-25-28(37)34(29(38)41-25)15-26(35)33-21-6-4-5-17(2)11-21/h4-14H,3,15-16H2,1-2H3,(H,32,36)(H,33,35)/b25-13-. The number of anilines is 2. The van der Waals surface area contributed by atoms with E-state index in [9.17, 15) is 23.6 Å². The zero-order chi connectivity index (χ0) is 29.5. The highest BCUT2D eigenvalue weighted by Crippen LogP contribution is 2.38. The number of carbonyl (C=O) groups is 4. The van der Waals surface area contributed by atoms with Crippen molar-refractivity contribution in [1.29, 1.82) is 0 Å². The van der Waals surface area contributed by atoms with E-state index in [0.717, 1.165) is 22.2 Å². The summed E-state index contributed by atoms with van der Waals surface area (Å²) in [6, 6.07) is 15.7. The minimum atomic E-state index is -0.595. The lowest BCUT2D eigenvalue weighted by molar-refractivity contribution is -0.127. The molecule has 0 atom stereocenters. The summed E-state index contributed by atoms with van der Waals surface area (Å²) < 4.78 is 24.9. The average Bonchev–Trinajstić information content (AvgIpc) is 3.18. The number of thioether (sulfide) groups is 1. The summed E-state index contributed by atoms with van der Waals surface area (Å²) >= 11 is 4.17. The Morgan fingerprint density at radius 3 is 2.39 bits per heavy atom. The largest absolute Gasteiger partial charge is 0.490 e. The van der Waals surface area contributed by atoms with Gasteiger partial charge in [-0.1, -0.05) is 28.1 Å². The van der Waals surface area contributed by atoms with Crippen LogP contribution in [0.4, 0.5) is 20.6 Å². The van der Waals surface area contributed by atoms with Crippen molar-refractivity contribution in [1.82, 2.24) is 4.90 Å². The Balaban J connectivity index is 1.44. The number of hydrogen-bond acceptors (Lipinski definition) is 7. The Bertz CT molecular complexity index is 1530. The van der Waals surface area contributed by atoms with E-state index in [0.29, 0.717) is 33.8 Å². The fraction of sp³-hybridized carbons (Fsp3) is 0.172. The molecular weight excluding hydrogens is 617 g/mol. The van der Waals surface area contributed by atoms with Crippen molar-refractivity contribution in [3.8, 4) is 11.5 Å². The molecule has 0 aromatic heterocycles. The van der Waals surface area contributed by atoms with Crippen LogP contribution in [0.1, 0.15) is 18.1 Å². The third kappa shape index (κ3) is 7.95. The lowest BCUT2D eigenvalue weighted by Gasteiger charge is -2.14. The van der Waals surface area contributed by atoms with Gasteiger partial charge in [0.15, 0.2) is 18.1 Å². The van der Waals surface area contributed by atoms with Gasteiger partial charge in [0.05, 0.1) is 11.5 Å². The first-order valence-electron chi connectivity index (χ1n) is 12.4. The van der Waals surface area contributed by atoms with Gasteiger partial charge < -0.3 is 20.1 Å². The maximum absolute atomic E-state index is 13.1. The third-order valence-electron chi connectivity index (χ3n) is 5.61. The zero-order valence-electron chi connectivity index (χ0n) is 22.0. The molecule has 4 amide bonds. The molecule has 0 bridgehead atoms. The van der Waals surface area contributed by atoms with Gasteiger partial charge in [0.2, 0.25) is 5.91 Å². The molecule has 4 rings (SSSR count). The first-order chi connectivity index (χ1) is 19.6. The number of halogens is 2. The summed E-state index contributed by atoms with van der Waals surface area (Å²) in [6.07, 6.45) is 1.51. The van der Waals surface area contributed by atoms with E-state index >= 15 is 0 Å². The number of nitrogens with one attached hydrogen (secondary N) is 2. The topological polar surface area (TPSA) is 114 Å². The molecule has 1 saturated heterocycles. The summed E-state index contributed by atoms with van der Waals surface area (Å²) in [5.74, 6) is -1.39. The highest BCUT2D eigenvalue weighted by molar-refractivity contribution is 9.10. The predicted octanol–water partition coefficient (Wildman–Crippen LogP) is 5.99. The van der Waals surface area contributed by atoms with Crippen molar-refractivity contribution >= 4 is 68.1 Å². The molecule has 3 aromatic carbocycles. The van der Waals surface area contributed by atoms with E-state index in [2.05, 4.69) is 26.6 Å². The number of carbonyl (C=O) groups excluding carboxylic acids is 4. The number of aryl methyl sites for hydroxylation is 1. The van der Waals surface area contributed by atoms with Crippen molar-refractivity contribution in [2.45, 2.75) is 13.8 Å². The molecule has 0 spiro atoms. The van der Waals surface area contributed by atoms with Crippen molar-refractivity contribution in [3.05, 3.63) is 87.0 Å². The monoisotopic (exact) mass is 641 g/mol. The summed E-state index contributed by atoms with van der Waals surface area (Å²) in [7, 11) is 0. The summed E-state index contributed by atoms with van der Waals surface area (Å²) in [5.41, 5.74) is 2.47. The van der Waals surface area contributed by atoms with E-state index in [1.54, 1.807) is 37.3 Å². The van der Waals surface area contributed by atoms with Crippen molar-refractivity contribution < 1.29 is 33.0 Å². The second-order valence-corrected chi connectivity index (χ2v) is 10.6. The van der Waals surface area contributed by atoms with Crippen molar-refractivity contribution in [3.63, 3.8) is 0 Å². The highest BCUT2D eigenvalue weighted by atomic mass is 79.9. The summed E-state index contributed by atoms with van der Waals surface area (Å²) in [6.45, 7) is 3.20. The van der Waals surface area contributed by atoms with Gasteiger partial charge in [0, 0.05) is 15.8 Å². The first kappa shape index (κ1) is 29.8. The van der Waals surface area contributed by atoms with E-state index in [-0.39, 0.29) is 17.3 Å². The molecule has 12 heteroatoms. The summed E-state index contributed by atoms with van der Waals surface area (Å²) in [4.78, 5) is 51.4. The number of hydrogen-bond donors (Lipinski definition) is 2. The summed E-state index contributed by atoms with van der Waals surface area (Å²) in [5, 5.41) is 4.74. The Hall–Kier alpha value is -4.16. The molecule has 41 heavy (non-hydrogen) atoms. The molecule has 0 radical (unpaired) electrons. The van der Waals surface area contributed by atoms with Crippen LogP contribution < -0.4 is 20.1 Å². The van der Waals surface area contributed by atoms with Crippen LogP contribution in [-0.2, 0) is 14.4 Å². The predicted molar refractivity (Wildman–Crippen MR) is 158 cm³/mol. The number of rotatable bonds is 10. The van der Waals surface area contributed by atoms with Crippen molar-refractivity contribution in [2.24, 2.45) is 0 Å². The van der Waals surface area contributed by atoms with Gasteiger partial charge in [-0.05, 0) is 91.3 Å². The van der Waals surface area contributed by atoms with Gasteiger partial charge >= 0.3 is 0 Å². The van der Waals surface area contributed by atoms with Gasteiger partial charge in [-0.25, -0.2) is 4.39 Å². The SMILES string of the molecule is CCOc1cc(/C=C2\SC(=O)N(CC(=O)Nc3cccc(C)c3)C2=O)c(Br)cc1OCC(=O)Nc1ccc(F)cc1. The Labute approximate surface area is 248 Å². The molecule has 0 saturated carbocycles. The van der Waals surface area contributed by atoms with Gasteiger partial charge in [-0.3, -0.25) is 24.1 Å². The molecule has 1 aliphatic rings. The lowest BCUT2D eigenvalue weighted by atomic mass is 10.1. The van der Waals surface area contributed by atoms with Gasteiger partial charge in [0.25, 0.3) is 17.1 Å². The number of ether oxygens (including phenoxy) is 2. The maximum atomic E-state index is 13.1. The molecule has 2 N–H and O–H groups in total. The molecular formula is C29H25BrFN3O6S.